The Balaban J connectivity index is 1.18. The minimum Gasteiger partial charge on any atom is -0.490 e. The van der Waals surface area contributed by atoms with E-state index in [-0.39, 0.29) is 6.73 Å². The van der Waals surface area contributed by atoms with Crippen LogP contribution in [0.1, 0.15) is 56.6 Å². The van der Waals surface area contributed by atoms with Crippen molar-refractivity contribution in [3.63, 3.8) is 0 Å². The lowest BCUT2D eigenvalue weighted by atomic mass is 9.90. The van der Waals surface area contributed by atoms with Crippen LogP contribution in [-0.2, 0) is 0 Å². The van der Waals surface area contributed by atoms with Gasteiger partial charge in [-0.05, 0) is 74.4 Å². The summed E-state index contributed by atoms with van der Waals surface area (Å²) in [7, 11) is 0. The number of aromatic nitrogens is 1. The van der Waals surface area contributed by atoms with Crippen molar-refractivity contribution in [3.8, 4) is 11.4 Å². The normalized spacial score (nSPS) is 24.7. The SMILES string of the molecule is OCN1CCCC1c1ccn(-c2ccc(OC3CCN(C4CCC4)CC3)cc2)c1. The second-order valence-corrected chi connectivity index (χ2v) is 8.90. The zero-order valence-corrected chi connectivity index (χ0v) is 17.2. The summed E-state index contributed by atoms with van der Waals surface area (Å²) in [6, 6.07) is 11.9. The predicted molar refractivity (Wildman–Crippen MR) is 114 cm³/mol. The molecule has 1 saturated carbocycles. The highest BCUT2D eigenvalue weighted by Crippen LogP contribution is 2.32. The Kier molecular flexibility index (Phi) is 5.62. The number of likely N-dealkylation sites (tertiary alicyclic amines) is 2. The summed E-state index contributed by atoms with van der Waals surface area (Å²) >= 11 is 0. The zero-order chi connectivity index (χ0) is 19.6. The first-order valence-electron chi connectivity index (χ1n) is 11.3. The second-order valence-electron chi connectivity index (χ2n) is 8.90. The molecule has 29 heavy (non-hydrogen) atoms. The van der Waals surface area contributed by atoms with E-state index < -0.39 is 0 Å². The summed E-state index contributed by atoms with van der Waals surface area (Å²) in [4.78, 5) is 4.81. The molecule has 2 saturated heterocycles. The van der Waals surface area contributed by atoms with Crippen LogP contribution in [0.2, 0.25) is 0 Å². The fourth-order valence-corrected chi connectivity index (χ4v) is 5.14. The lowest BCUT2D eigenvalue weighted by Crippen LogP contribution is -2.46. The highest BCUT2D eigenvalue weighted by atomic mass is 16.5. The van der Waals surface area contributed by atoms with E-state index in [1.807, 2.05) is 0 Å². The molecule has 3 fully saturated rings. The maximum Gasteiger partial charge on any atom is 0.119 e. The number of aliphatic hydroxyl groups excluding tert-OH is 1. The zero-order valence-electron chi connectivity index (χ0n) is 17.2. The van der Waals surface area contributed by atoms with E-state index in [2.05, 4.69) is 57.1 Å². The quantitative estimate of drug-likeness (QED) is 0.804. The van der Waals surface area contributed by atoms with E-state index in [1.54, 1.807) is 0 Å². The minimum atomic E-state index is 0.140. The average Bonchev–Trinajstić information content (AvgIpc) is 3.38. The van der Waals surface area contributed by atoms with Gasteiger partial charge in [-0.3, -0.25) is 4.90 Å². The van der Waals surface area contributed by atoms with Crippen LogP contribution in [0.25, 0.3) is 5.69 Å². The highest BCUT2D eigenvalue weighted by Gasteiger charge is 2.29. The van der Waals surface area contributed by atoms with Gasteiger partial charge in [0.05, 0.1) is 6.73 Å². The summed E-state index contributed by atoms with van der Waals surface area (Å²) in [5, 5.41) is 9.55. The molecule has 3 aliphatic rings. The lowest BCUT2D eigenvalue weighted by molar-refractivity contribution is 0.0493. The first kappa shape index (κ1) is 19.2. The van der Waals surface area contributed by atoms with E-state index in [4.69, 9.17) is 4.74 Å². The van der Waals surface area contributed by atoms with Crippen LogP contribution in [0.5, 0.6) is 5.75 Å². The minimum absolute atomic E-state index is 0.140. The third kappa shape index (κ3) is 4.09. The Bertz CT molecular complexity index is 791. The molecular weight excluding hydrogens is 362 g/mol. The number of ether oxygens (including phenoxy) is 1. The van der Waals surface area contributed by atoms with Crippen molar-refractivity contribution in [2.24, 2.45) is 0 Å². The van der Waals surface area contributed by atoms with E-state index in [0.717, 1.165) is 49.7 Å². The van der Waals surface area contributed by atoms with Crippen molar-refractivity contribution in [3.05, 3.63) is 48.3 Å². The van der Waals surface area contributed by atoms with E-state index >= 15 is 0 Å². The number of hydrogen-bond donors (Lipinski definition) is 1. The molecule has 1 unspecified atom stereocenters. The van der Waals surface area contributed by atoms with Gasteiger partial charge < -0.3 is 19.3 Å². The molecule has 1 N–H and O–H groups in total. The van der Waals surface area contributed by atoms with Crippen LogP contribution in [0.3, 0.4) is 0 Å². The van der Waals surface area contributed by atoms with Gasteiger partial charge in [0.1, 0.15) is 11.9 Å². The molecule has 0 amide bonds. The molecular formula is C24H33N3O2. The molecule has 0 spiro atoms. The molecule has 1 aromatic heterocycles. The van der Waals surface area contributed by atoms with Gasteiger partial charge in [-0.25, -0.2) is 0 Å². The van der Waals surface area contributed by atoms with E-state index in [1.165, 1.54) is 37.9 Å². The van der Waals surface area contributed by atoms with E-state index in [9.17, 15) is 5.11 Å². The van der Waals surface area contributed by atoms with Crippen LogP contribution in [0, 0.1) is 0 Å². The fourth-order valence-electron chi connectivity index (χ4n) is 5.14. The first-order valence-corrected chi connectivity index (χ1v) is 11.3. The Hall–Kier alpha value is -1.82. The van der Waals surface area contributed by atoms with Crippen LogP contribution in [-0.4, -0.2) is 58.0 Å². The molecule has 156 valence electrons. The van der Waals surface area contributed by atoms with Gasteiger partial charge in [-0.1, -0.05) is 6.42 Å². The van der Waals surface area contributed by atoms with Crippen LogP contribution in [0.4, 0.5) is 0 Å². The molecule has 3 heterocycles. The van der Waals surface area contributed by atoms with Crippen LogP contribution < -0.4 is 4.74 Å². The topological polar surface area (TPSA) is 40.9 Å². The number of hydrogen-bond acceptors (Lipinski definition) is 4. The summed E-state index contributed by atoms with van der Waals surface area (Å²) in [6.07, 6.45) is 13.4. The Labute approximate surface area is 173 Å². The Morgan fingerprint density at radius 3 is 2.38 bits per heavy atom. The molecule has 2 aliphatic heterocycles. The smallest absolute Gasteiger partial charge is 0.119 e. The van der Waals surface area contributed by atoms with Gasteiger partial charge in [-0.15, -0.1) is 0 Å². The highest BCUT2D eigenvalue weighted by molar-refractivity contribution is 5.39. The fraction of sp³-hybridized carbons (Fsp3) is 0.583. The van der Waals surface area contributed by atoms with Gasteiger partial charge in [0.15, 0.2) is 0 Å². The summed E-state index contributed by atoms with van der Waals surface area (Å²) in [5.74, 6) is 0.977. The molecule has 0 bridgehead atoms. The number of piperidine rings is 1. The number of rotatable bonds is 6. The monoisotopic (exact) mass is 395 g/mol. The third-order valence-electron chi connectivity index (χ3n) is 7.15. The molecule has 1 aliphatic carbocycles. The van der Waals surface area contributed by atoms with E-state index in [0.29, 0.717) is 12.1 Å². The molecule has 2 aromatic rings. The van der Waals surface area contributed by atoms with Crippen molar-refractivity contribution in [1.29, 1.82) is 0 Å². The number of nitrogens with zero attached hydrogens (tertiary/aromatic N) is 3. The number of aliphatic hydroxyl groups is 1. The molecule has 1 atom stereocenters. The molecule has 0 radical (unpaired) electrons. The first-order chi connectivity index (χ1) is 14.3. The number of benzene rings is 1. The lowest BCUT2D eigenvalue weighted by Gasteiger charge is -2.41. The van der Waals surface area contributed by atoms with Crippen molar-refractivity contribution in [2.75, 3.05) is 26.4 Å². The van der Waals surface area contributed by atoms with Crippen molar-refractivity contribution in [2.45, 2.75) is 63.1 Å². The largest absolute Gasteiger partial charge is 0.490 e. The standard InChI is InChI=1S/C24H33N3O2/c28-18-27-13-2-5-24(27)19-10-14-26(17-19)21-6-8-22(9-7-21)29-23-11-15-25(16-12-23)20-3-1-4-20/h6-10,14,17,20,23-24,28H,1-5,11-13,15-16,18H2. The predicted octanol–water partition coefficient (Wildman–Crippen LogP) is 3.96. The second kappa shape index (κ2) is 8.50. The maximum absolute atomic E-state index is 9.55. The molecule has 5 heteroatoms. The van der Waals surface area contributed by atoms with Gasteiger partial charge in [0, 0.05) is 49.8 Å². The van der Waals surface area contributed by atoms with Crippen molar-refractivity contribution >= 4 is 0 Å². The van der Waals surface area contributed by atoms with Gasteiger partial charge in [0.25, 0.3) is 0 Å². The van der Waals surface area contributed by atoms with Crippen molar-refractivity contribution < 1.29 is 9.84 Å². The van der Waals surface area contributed by atoms with Gasteiger partial charge in [0.2, 0.25) is 0 Å². The van der Waals surface area contributed by atoms with Gasteiger partial charge in [-0.2, -0.15) is 0 Å². The Morgan fingerprint density at radius 2 is 1.69 bits per heavy atom. The van der Waals surface area contributed by atoms with Crippen LogP contribution in [0.15, 0.2) is 42.7 Å². The molecule has 5 rings (SSSR count). The Morgan fingerprint density at radius 1 is 0.897 bits per heavy atom. The summed E-state index contributed by atoms with van der Waals surface area (Å²) in [5.41, 5.74) is 2.44. The molecule has 1 aromatic carbocycles. The maximum atomic E-state index is 9.55. The third-order valence-corrected chi connectivity index (χ3v) is 7.15. The summed E-state index contributed by atoms with van der Waals surface area (Å²) < 4.78 is 8.44. The van der Waals surface area contributed by atoms with Crippen LogP contribution >= 0.6 is 0 Å². The average molecular weight is 396 g/mol. The molecule has 5 nitrogen and oxygen atoms in total. The van der Waals surface area contributed by atoms with Gasteiger partial charge >= 0.3 is 0 Å². The van der Waals surface area contributed by atoms with Crippen molar-refractivity contribution in [1.82, 2.24) is 14.4 Å². The summed E-state index contributed by atoms with van der Waals surface area (Å²) in [6.45, 7) is 3.50.